The van der Waals surface area contributed by atoms with Crippen molar-refractivity contribution in [2.45, 2.75) is 25.4 Å². The second kappa shape index (κ2) is 6.35. The van der Waals surface area contributed by atoms with Gasteiger partial charge in [-0.25, -0.2) is 19.6 Å². The Morgan fingerprint density at radius 2 is 2.19 bits per heavy atom. The fourth-order valence-electron chi connectivity index (χ4n) is 3.69. The van der Waals surface area contributed by atoms with Crippen molar-refractivity contribution >= 4 is 16.9 Å². The minimum atomic E-state index is -0.111. The van der Waals surface area contributed by atoms with Crippen molar-refractivity contribution in [3.05, 3.63) is 59.8 Å². The molecule has 9 nitrogen and oxygen atoms in total. The molecule has 5 rings (SSSR count). The van der Waals surface area contributed by atoms with Gasteiger partial charge in [-0.15, -0.1) is 0 Å². The third-order valence-electron chi connectivity index (χ3n) is 4.99. The monoisotopic (exact) mass is 362 g/mol. The van der Waals surface area contributed by atoms with Crippen molar-refractivity contribution in [3.8, 4) is 5.82 Å². The maximum atomic E-state index is 12.4. The van der Waals surface area contributed by atoms with Gasteiger partial charge in [-0.05, 0) is 25.0 Å². The van der Waals surface area contributed by atoms with Crippen LogP contribution < -0.4 is 10.5 Å². The van der Waals surface area contributed by atoms with Crippen LogP contribution in [-0.2, 0) is 6.54 Å². The van der Waals surface area contributed by atoms with Crippen LogP contribution in [0.1, 0.15) is 12.8 Å². The van der Waals surface area contributed by atoms with Crippen molar-refractivity contribution in [2.75, 3.05) is 11.4 Å². The Morgan fingerprint density at radius 1 is 1.22 bits per heavy atom. The van der Waals surface area contributed by atoms with Crippen LogP contribution in [0.25, 0.3) is 16.9 Å². The molecule has 0 bridgehead atoms. The molecule has 1 fully saturated rings. The molecule has 1 saturated heterocycles. The number of aromatic amines is 1. The van der Waals surface area contributed by atoms with Gasteiger partial charge in [0.15, 0.2) is 5.82 Å². The Hall–Kier alpha value is -3.49. The topological polar surface area (TPSA) is 97.5 Å². The number of nitrogens with one attached hydrogen (secondary N) is 1. The van der Waals surface area contributed by atoms with Crippen molar-refractivity contribution in [2.24, 2.45) is 0 Å². The van der Waals surface area contributed by atoms with Crippen LogP contribution in [0.4, 0.5) is 5.82 Å². The lowest BCUT2D eigenvalue weighted by atomic mass is 10.2. The Morgan fingerprint density at radius 3 is 3.07 bits per heavy atom. The number of rotatable bonds is 4. The van der Waals surface area contributed by atoms with Crippen LogP contribution in [0.2, 0.25) is 0 Å². The van der Waals surface area contributed by atoms with E-state index in [0.717, 1.165) is 36.2 Å². The molecule has 1 aliphatic rings. The number of nitrogens with zero attached hydrogens (tertiary/aromatic N) is 7. The summed E-state index contributed by atoms with van der Waals surface area (Å²) in [6.45, 7) is 1.41. The highest BCUT2D eigenvalue weighted by Gasteiger charge is 2.28. The maximum Gasteiger partial charge on any atom is 0.266 e. The fourth-order valence-corrected chi connectivity index (χ4v) is 3.69. The first-order valence-electron chi connectivity index (χ1n) is 8.91. The molecule has 1 N–H and O–H groups in total. The molecule has 27 heavy (non-hydrogen) atoms. The van der Waals surface area contributed by atoms with Gasteiger partial charge >= 0.3 is 0 Å². The Labute approximate surface area is 154 Å². The van der Waals surface area contributed by atoms with Crippen molar-refractivity contribution in [3.63, 3.8) is 0 Å². The van der Waals surface area contributed by atoms with E-state index >= 15 is 0 Å². The van der Waals surface area contributed by atoms with Gasteiger partial charge < -0.3 is 9.88 Å². The van der Waals surface area contributed by atoms with E-state index in [1.165, 1.54) is 4.68 Å². The lowest BCUT2D eigenvalue weighted by Gasteiger charge is -2.26. The Bertz CT molecular complexity index is 1130. The lowest BCUT2D eigenvalue weighted by Crippen LogP contribution is -2.37. The van der Waals surface area contributed by atoms with E-state index in [2.05, 4.69) is 29.9 Å². The molecule has 4 aromatic rings. The predicted octanol–water partition coefficient (Wildman–Crippen LogP) is 1.37. The highest BCUT2D eigenvalue weighted by molar-refractivity contribution is 5.87. The van der Waals surface area contributed by atoms with E-state index in [1.54, 1.807) is 35.6 Å². The molecule has 4 aromatic heterocycles. The number of H-pyrrole nitrogens is 1. The molecule has 5 heterocycles. The molecule has 1 aliphatic heterocycles. The first-order chi connectivity index (χ1) is 13.3. The summed E-state index contributed by atoms with van der Waals surface area (Å²) in [5.41, 5.74) is 0.711. The van der Waals surface area contributed by atoms with Crippen molar-refractivity contribution in [1.29, 1.82) is 0 Å². The van der Waals surface area contributed by atoms with Gasteiger partial charge in [0.25, 0.3) is 5.56 Å². The van der Waals surface area contributed by atoms with Crippen LogP contribution >= 0.6 is 0 Å². The standard InChI is InChI=1S/C18H18N8O/c27-16-4-3-15(24-9-7-19-12-24)23-26(16)10-13-2-1-8-25(13)18-14-5-6-20-17(14)21-11-22-18/h3-7,9,11-13H,1-2,8,10H2,(H,20,21,22). The summed E-state index contributed by atoms with van der Waals surface area (Å²) in [6.07, 6.45) is 10.6. The number of anilines is 1. The van der Waals surface area contributed by atoms with Crippen LogP contribution in [0.3, 0.4) is 0 Å². The number of fused-ring (bicyclic) bond motifs is 1. The van der Waals surface area contributed by atoms with E-state index in [9.17, 15) is 4.79 Å². The molecule has 1 atom stereocenters. The highest BCUT2D eigenvalue weighted by Crippen LogP contribution is 2.29. The molecule has 0 aromatic carbocycles. The van der Waals surface area contributed by atoms with Crippen LogP contribution in [0, 0.1) is 0 Å². The quantitative estimate of drug-likeness (QED) is 0.589. The van der Waals surface area contributed by atoms with Crippen LogP contribution in [-0.4, -0.2) is 46.9 Å². The first-order valence-corrected chi connectivity index (χ1v) is 8.91. The largest absolute Gasteiger partial charge is 0.351 e. The van der Waals surface area contributed by atoms with Gasteiger partial charge in [0.1, 0.15) is 24.1 Å². The Kier molecular flexibility index (Phi) is 3.70. The zero-order valence-corrected chi connectivity index (χ0v) is 14.6. The third kappa shape index (κ3) is 2.77. The summed E-state index contributed by atoms with van der Waals surface area (Å²) in [7, 11) is 0. The molecule has 0 saturated carbocycles. The van der Waals surface area contributed by atoms with Crippen LogP contribution in [0.5, 0.6) is 0 Å². The highest BCUT2D eigenvalue weighted by atomic mass is 16.1. The molecule has 136 valence electrons. The van der Waals surface area contributed by atoms with E-state index in [1.807, 2.05) is 18.5 Å². The maximum absolute atomic E-state index is 12.4. The molecule has 9 heteroatoms. The van der Waals surface area contributed by atoms with E-state index < -0.39 is 0 Å². The summed E-state index contributed by atoms with van der Waals surface area (Å²) in [6, 6.07) is 5.41. The number of aromatic nitrogens is 7. The van der Waals surface area contributed by atoms with Gasteiger partial charge in [-0.2, -0.15) is 5.10 Å². The fraction of sp³-hybridized carbons (Fsp3) is 0.278. The molecule has 0 amide bonds. The zero-order chi connectivity index (χ0) is 18.2. The van der Waals surface area contributed by atoms with E-state index in [0.29, 0.717) is 12.4 Å². The smallest absolute Gasteiger partial charge is 0.266 e. The molecule has 0 radical (unpaired) electrons. The molecule has 1 unspecified atom stereocenters. The summed E-state index contributed by atoms with van der Waals surface area (Å²) in [5, 5.41) is 5.52. The van der Waals surface area contributed by atoms with Crippen molar-refractivity contribution in [1.82, 2.24) is 34.3 Å². The number of imidazole rings is 1. The normalized spacial score (nSPS) is 17.0. The predicted molar refractivity (Wildman–Crippen MR) is 99.9 cm³/mol. The Balaban J connectivity index is 1.47. The van der Waals surface area contributed by atoms with Gasteiger partial charge in [-0.1, -0.05) is 0 Å². The lowest BCUT2D eigenvalue weighted by molar-refractivity contribution is 0.485. The third-order valence-corrected chi connectivity index (χ3v) is 4.99. The van der Waals surface area contributed by atoms with Gasteiger partial charge in [0.05, 0.1) is 18.0 Å². The molecular weight excluding hydrogens is 344 g/mol. The second-order valence-electron chi connectivity index (χ2n) is 6.61. The SMILES string of the molecule is O=c1ccc(-n2ccnc2)nn1CC1CCCN1c1ncnc2[nH]ccc12. The molecular formula is C18H18N8O. The molecule has 0 aliphatic carbocycles. The van der Waals surface area contributed by atoms with E-state index in [4.69, 9.17) is 0 Å². The summed E-state index contributed by atoms with van der Waals surface area (Å²) >= 11 is 0. The average Bonchev–Trinajstić information content (AvgIpc) is 3.44. The van der Waals surface area contributed by atoms with Gasteiger partial charge in [-0.3, -0.25) is 9.36 Å². The number of hydrogen-bond donors (Lipinski definition) is 1. The first kappa shape index (κ1) is 15.7. The van der Waals surface area contributed by atoms with Crippen molar-refractivity contribution < 1.29 is 0 Å². The minimum absolute atomic E-state index is 0.111. The van der Waals surface area contributed by atoms with E-state index in [-0.39, 0.29) is 11.6 Å². The molecule has 0 spiro atoms. The summed E-state index contributed by atoms with van der Waals surface area (Å²) < 4.78 is 3.32. The minimum Gasteiger partial charge on any atom is -0.351 e. The average molecular weight is 362 g/mol. The summed E-state index contributed by atoms with van der Waals surface area (Å²) in [5.74, 6) is 1.58. The summed E-state index contributed by atoms with van der Waals surface area (Å²) in [4.78, 5) is 30.6. The zero-order valence-electron chi connectivity index (χ0n) is 14.6. The van der Waals surface area contributed by atoms with Gasteiger partial charge in [0.2, 0.25) is 0 Å². The van der Waals surface area contributed by atoms with Gasteiger partial charge in [0, 0.05) is 31.2 Å². The van der Waals surface area contributed by atoms with Crippen LogP contribution in [0.15, 0.2) is 54.2 Å². The second-order valence-corrected chi connectivity index (χ2v) is 6.61. The number of hydrogen-bond acceptors (Lipinski definition) is 6.